The predicted octanol–water partition coefficient (Wildman–Crippen LogP) is 1.76. The number of likely N-dealkylation sites (tertiary alicyclic amines) is 1. The molecule has 104 valence electrons. The van der Waals surface area contributed by atoms with E-state index >= 15 is 0 Å². The average Bonchev–Trinajstić information content (AvgIpc) is 2.99. The Morgan fingerprint density at radius 2 is 2.00 bits per heavy atom. The van der Waals surface area contributed by atoms with E-state index in [1.165, 1.54) is 0 Å². The fourth-order valence-corrected chi connectivity index (χ4v) is 2.58. The van der Waals surface area contributed by atoms with Gasteiger partial charge in [0.25, 0.3) is 0 Å². The Balaban J connectivity index is 2.14. The lowest BCUT2D eigenvalue weighted by Gasteiger charge is -2.17. The van der Waals surface area contributed by atoms with Crippen molar-refractivity contribution in [1.82, 2.24) is 9.47 Å². The van der Waals surface area contributed by atoms with E-state index in [1.54, 1.807) is 16.8 Å². The third-order valence-corrected chi connectivity index (χ3v) is 3.56. The topological polar surface area (TPSA) is 62.5 Å². The van der Waals surface area contributed by atoms with Crippen LogP contribution in [-0.4, -0.2) is 39.5 Å². The first-order valence-electron chi connectivity index (χ1n) is 6.82. The summed E-state index contributed by atoms with van der Waals surface area (Å²) in [7, 11) is 0. The second-order valence-electron chi connectivity index (χ2n) is 4.95. The van der Waals surface area contributed by atoms with Gasteiger partial charge in [0.05, 0.1) is 5.56 Å². The predicted molar refractivity (Wildman–Crippen MR) is 71.2 cm³/mol. The minimum absolute atomic E-state index is 0.0855. The number of carbonyl (C=O) groups is 2. The van der Waals surface area contributed by atoms with Crippen molar-refractivity contribution in [3.05, 3.63) is 23.5 Å². The fourth-order valence-electron chi connectivity index (χ4n) is 2.58. The van der Waals surface area contributed by atoms with Crippen molar-refractivity contribution >= 4 is 11.9 Å². The number of amides is 1. The fraction of sp³-hybridized carbons (Fsp3) is 0.571. The summed E-state index contributed by atoms with van der Waals surface area (Å²) in [5, 5.41) is 9.14. The van der Waals surface area contributed by atoms with Gasteiger partial charge in [-0.05, 0) is 25.3 Å². The second kappa shape index (κ2) is 5.91. The van der Waals surface area contributed by atoms with Crippen LogP contribution < -0.4 is 0 Å². The summed E-state index contributed by atoms with van der Waals surface area (Å²) >= 11 is 0. The highest BCUT2D eigenvalue weighted by Crippen LogP contribution is 2.15. The molecule has 1 aromatic rings. The van der Waals surface area contributed by atoms with Crippen LogP contribution in [0, 0.1) is 0 Å². The van der Waals surface area contributed by atoms with E-state index in [0.717, 1.165) is 38.0 Å². The van der Waals surface area contributed by atoms with Gasteiger partial charge in [-0.3, -0.25) is 4.79 Å². The van der Waals surface area contributed by atoms with Gasteiger partial charge in [-0.25, -0.2) is 4.79 Å². The van der Waals surface area contributed by atoms with Crippen LogP contribution in [0.2, 0.25) is 0 Å². The number of carboxylic acid groups (broad SMARTS) is 1. The van der Waals surface area contributed by atoms with Gasteiger partial charge in [-0.15, -0.1) is 0 Å². The number of carboxylic acids is 1. The number of nitrogens with zero attached hydrogens (tertiary/aromatic N) is 2. The van der Waals surface area contributed by atoms with Gasteiger partial charge in [0.2, 0.25) is 5.91 Å². The molecule has 1 aliphatic rings. The summed E-state index contributed by atoms with van der Waals surface area (Å²) in [4.78, 5) is 25.1. The van der Waals surface area contributed by atoms with Crippen molar-refractivity contribution in [2.45, 2.75) is 39.2 Å². The third kappa shape index (κ3) is 2.97. The molecule has 0 unspecified atom stereocenters. The van der Waals surface area contributed by atoms with Gasteiger partial charge >= 0.3 is 5.97 Å². The smallest absolute Gasteiger partial charge is 0.337 e. The Hall–Kier alpha value is -1.78. The maximum absolute atomic E-state index is 12.1. The van der Waals surface area contributed by atoms with Gasteiger partial charge in [0, 0.05) is 25.0 Å². The lowest BCUT2D eigenvalue weighted by Crippen LogP contribution is -2.31. The minimum atomic E-state index is -0.921. The van der Waals surface area contributed by atoms with Crippen molar-refractivity contribution in [3.8, 4) is 0 Å². The molecule has 1 N–H and O–H groups in total. The zero-order chi connectivity index (χ0) is 13.8. The SMILES string of the molecule is CCCc1c(C(=O)O)ccn1CC(=O)N1CCCC1. The lowest BCUT2D eigenvalue weighted by atomic mass is 10.1. The Bertz CT molecular complexity index is 473. The standard InChI is InChI=1S/C14H20N2O3/c1-2-5-12-11(14(18)19)6-9-16(12)10-13(17)15-7-3-4-8-15/h6,9H,2-5,7-8,10H2,1H3,(H,18,19). The first kappa shape index (κ1) is 13.6. The van der Waals surface area contributed by atoms with Crippen molar-refractivity contribution in [2.24, 2.45) is 0 Å². The van der Waals surface area contributed by atoms with Crippen LogP contribution in [0.25, 0.3) is 0 Å². The molecule has 5 heteroatoms. The molecule has 19 heavy (non-hydrogen) atoms. The number of hydrogen-bond acceptors (Lipinski definition) is 2. The maximum Gasteiger partial charge on any atom is 0.337 e. The van der Waals surface area contributed by atoms with Crippen molar-refractivity contribution in [1.29, 1.82) is 0 Å². The number of carbonyl (C=O) groups excluding carboxylic acids is 1. The molecule has 2 heterocycles. The Morgan fingerprint density at radius 1 is 1.32 bits per heavy atom. The highest BCUT2D eigenvalue weighted by atomic mass is 16.4. The monoisotopic (exact) mass is 264 g/mol. The van der Waals surface area contributed by atoms with Gasteiger partial charge in [0.15, 0.2) is 0 Å². The van der Waals surface area contributed by atoms with Crippen LogP contribution in [0.4, 0.5) is 0 Å². The molecule has 2 rings (SSSR count). The molecule has 1 aliphatic heterocycles. The summed E-state index contributed by atoms with van der Waals surface area (Å²) in [6.45, 7) is 3.91. The van der Waals surface area contributed by atoms with Crippen LogP contribution >= 0.6 is 0 Å². The van der Waals surface area contributed by atoms with Crippen molar-refractivity contribution in [3.63, 3.8) is 0 Å². The minimum Gasteiger partial charge on any atom is -0.478 e. The van der Waals surface area contributed by atoms with Crippen molar-refractivity contribution in [2.75, 3.05) is 13.1 Å². The first-order chi connectivity index (χ1) is 9.13. The molecule has 1 fully saturated rings. The van der Waals surface area contributed by atoms with E-state index in [0.29, 0.717) is 12.0 Å². The first-order valence-corrected chi connectivity index (χ1v) is 6.82. The zero-order valence-electron chi connectivity index (χ0n) is 11.3. The van der Waals surface area contributed by atoms with E-state index in [2.05, 4.69) is 0 Å². The Kier molecular flexibility index (Phi) is 4.24. The average molecular weight is 264 g/mol. The Morgan fingerprint density at radius 3 is 2.58 bits per heavy atom. The van der Waals surface area contributed by atoms with Crippen LogP contribution in [0.5, 0.6) is 0 Å². The molecular formula is C14H20N2O3. The molecule has 1 saturated heterocycles. The van der Waals surface area contributed by atoms with Crippen LogP contribution in [-0.2, 0) is 17.8 Å². The lowest BCUT2D eigenvalue weighted by molar-refractivity contribution is -0.130. The van der Waals surface area contributed by atoms with Crippen LogP contribution in [0.15, 0.2) is 12.3 Å². The van der Waals surface area contributed by atoms with Gasteiger partial charge in [-0.1, -0.05) is 13.3 Å². The van der Waals surface area contributed by atoms with Crippen LogP contribution in [0.3, 0.4) is 0 Å². The molecule has 0 aliphatic carbocycles. The van der Waals surface area contributed by atoms with Gasteiger partial charge in [-0.2, -0.15) is 0 Å². The molecule has 1 amide bonds. The molecule has 0 spiro atoms. The molecule has 0 atom stereocenters. The Labute approximate surface area is 112 Å². The summed E-state index contributed by atoms with van der Waals surface area (Å²) in [5.74, 6) is -0.835. The van der Waals surface area contributed by atoms with E-state index in [4.69, 9.17) is 5.11 Å². The second-order valence-corrected chi connectivity index (χ2v) is 4.95. The van der Waals surface area contributed by atoms with E-state index in [-0.39, 0.29) is 12.5 Å². The molecule has 5 nitrogen and oxygen atoms in total. The molecule has 0 bridgehead atoms. The summed E-state index contributed by atoms with van der Waals surface area (Å²) in [6, 6.07) is 1.59. The zero-order valence-corrected chi connectivity index (χ0v) is 11.3. The number of hydrogen-bond donors (Lipinski definition) is 1. The quantitative estimate of drug-likeness (QED) is 0.881. The summed E-state index contributed by atoms with van der Waals surface area (Å²) in [5.41, 5.74) is 1.07. The van der Waals surface area contributed by atoms with Crippen molar-refractivity contribution < 1.29 is 14.7 Å². The van der Waals surface area contributed by atoms with Gasteiger partial charge in [0.1, 0.15) is 6.54 Å². The molecule has 1 aromatic heterocycles. The van der Waals surface area contributed by atoms with Gasteiger partial charge < -0.3 is 14.6 Å². The van der Waals surface area contributed by atoms with E-state index in [1.807, 2.05) is 11.8 Å². The highest BCUT2D eigenvalue weighted by molar-refractivity contribution is 5.89. The molecule has 0 saturated carbocycles. The normalized spacial score (nSPS) is 14.9. The highest BCUT2D eigenvalue weighted by Gasteiger charge is 2.20. The summed E-state index contributed by atoms with van der Waals surface area (Å²) in [6.07, 6.45) is 5.39. The number of aromatic carboxylic acids is 1. The summed E-state index contributed by atoms with van der Waals surface area (Å²) < 4.78 is 1.79. The maximum atomic E-state index is 12.1. The molecule has 0 aromatic carbocycles. The molecular weight excluding hydrogens is 244 g/mol. The largest absolute Gasteiger partial charge is 0.478 e. The van der Waals surface area contributed by atoms with Crippen LogP contribution in [0.1, 0.15) is 42.2 Å². The van der Waals surface area contributed by atoms with E-state index < -0.39 is 5.97 Å². The number of rotatable bonds is 5. The van der Waals surface area contributed by atoms with E-state index in [9.17, 15) is 9.59 Å². The number of aromatic nitrogens is 1. The third-order valence-electron chi connectivity index (χ3n) is 3.56. The molecule has 0 radical (unpaired) electrons.